The van der Waals surface area contributed by atoms with Crippen LogP contribution in [-0.2, 0) is 19.1 Å². The van der Waals surface area contributed by atoms with Crippen LogP contribution in [0.4, 0.5) is 11.4 Å². The Morgan fingerprint density at radius 3 is 1.39 bits per heavy atom. The smallest absolute Gasteiger partial charge is 0.373 e. The molecule has 0 bridgehead atoms. The quantitative estimate of drug-likeness (QED) is 0.230. The highest BCUT2D eigenvalue weighted by molar-refractivity contribution is 5.86. The van der Waals surface area contributed by atoms with Crippen molar-refractivity contribution in [3.63, 3.8) is 0 Å². The van der Waals surface area contributed by atoms with Gasteiger partial charge in [0.15, 0.2) is 0 Å². The van der Waals surface area contributed by atoms with Crippen LogP contribution in [0, 0.1) is 5.92 Å². The van der Waals surface area contributed by atoms with Gasteiger partial charge in [0.1, 0.15) is 6.04 Å². The topological polar surface area (TPSA) is 63.7 Å². The molecule has 0 saturated carbocycles. The molecular formula is C33H33NO4. The molecule has 4 aromatic rings. The van der Waals surface area contributed by atoms with Gasteiger partial charge in [0.25, 0.3) is 0 Å². The minimum absolute atomic E-state index is 0.0296. The van der Waals surface area contributed by atoms with Gasteiger partial charge in [-0.3, -0.25) is 0 Å². The van der Waals surface area contributed by atoms with Crippen molar-refractivity contribution in [3.05, 3.63) is 109 Å². The SMILES string of the molecule is CC(C)OC(=O)C(C(C)C)N(c1cccc(-c2ccccc2)c1)c1cccc(-c2ccccc2)c1.O=C=O. The van der Waals surface area contributed by atoms with Crippen molar-refractivity contribution < 1.29 is 19.1 Å². The summed E-state index contributed by atoms with van der Waals surface area (Å²) in [6.45, 7) is 7.93. The number of carbonyl (C=O) groups is 1. The largest absolute Gasteiger partial charge is 0.461 e. The highest BCUT2D eigenvalue weighted by Gasteiger charge is 2.33. The van der Waals surface area contributed by atoms with E-state index in [9.17, 15) is 4.79 Å². The van der Waals surface area contributed by atoms with E-state index in [0.717, 1.165) is 33.6 Å². The van der Waals surface area contributed by atoms with Gasteiger partial charge in [-0.15, -0.1) is 0 Å². The normalized spacial score (nSPS) is 11.2. The van der Waals surface area contributed by atoms with E-state index >= 15 is 0 Å². The lowest BCUT2D eigenvalue weighted by Gasteiger charge is -2.35. The second kappa shape index (κ2) is 13.7. The Bertz CT molecular complexity index is 1260. The van der Waals surface area contributed by atoms with Gasteiger partial charge in [-0.1, -0.05) is 98.8 Å². The lowest BCUT2D eigenvalue weighted by molar-refractivity contribution is -0.191. The summed E-state index contributed by atoms with van der Waals surface area (Å²) in [5, 5.41) is 0. The third kappa shape index (κ3) is 7.28. The van der Waals surface area contributed by atoms with Gasteiger partial charge in [0, 0.05) is 11.4 Å². The highest BCUT2D eigenvalue weighted by Crippen LogP contribution is 2.36. The van der Waals surface area contributed by atoms with Crippen molar-refractivity contribution >= 4 is 23.5 Å². The van der Waals surface area contributed by atoms with Crippen molar-refractivity contribution in [2.75, 3.05) is 4.90 Å². The van der Waals surface area contributed by atoms with Gasteiger partial charge in [0.05, 0.1) is 6.10 Å². The Kier molecular flexibility index (Phi) is 10.2. The summed E-state index contributed by atoms with van der Waals surface area (Å²) in [6, 6.07) is 36.9. The van der Waals surface area contributed by atoms with Gasteiger partial charge in [0.2, 0.25) is 0 Å². The van der Waals surface area contributed by atoms with Crippen LogP contribution in [0.25, 0.3) is 22.3 Å². The molecule has 0 aliphatic carbocycles. The van der Waals surface area contributed by atoms with E-state index in [4.69, 9.17) is 14.3 Å². The minimum atomic E-state index is -0.477. The molecule has 4 aromatic carbocycles. The van der Waals surface area contributed by atoms with E-state index in [2.05, 4.69) is 91.5 Å². The second-order valence-corrected chi connectivity index (χ2v) is 9.46. The molecule has 0 N–H and O–H groups in total. The lowest BCUT2D eigenvalue weighted by atomic mass is 9.98. The average molecular weight is 508 g/mol. The van der Waals surface area contributed by atoms with Crippen LogP contribution < -0.4 is 4.90 Å². The number of esters is 1. The van der Waals surface area contributed by atoms with E-state index in [1.807, 2.05) is 50.2 Å². The molecule has 0 aromatic heterocycles. The maximum Gasteiger partial charge on any atom is 0.373 e. The molecule has 38 heavy (non-hydrogen) atoms. The first-order valence-corrected chi connectivity index (χ1v) is 12.7. The zero-order chi connectivity index (χ0) is 27.5. The molecule has 194 valence electrons. The number of hydrogen-bond acceptors (Lipinski definition) is 5. The molecule has 0 radical (unpaired) electrons. The highest BCUT2D eigenvalue weighted by atomic mass is 16.5. The summed E-state index contributed by atoms with van der Waals surface area (Å²) in [5.41, 5.74) is 6.39. The first-order valence-electron chi connectivity index (χ1n) is 12.7. The minimum Gasteiger partial charge on any atom is -0.461 e. The van der Waals surface area contributed by atoms with Crippen LogP contribution in [0.5, 0.6) is 0 Å². The molecule has 5 nitrogen and oxygen atoms in total. The fourth-order valence-corrected chi connectivity index (χ4v) is 4.38. The third-order valence-electron chi connectivity index (χ3n) is 5.97. The summed E-state index contributed by atoms with van der Waals surface area (Å²) < 4.78 is 5.75. The molecule has 0 aliphatic heterocycles. The lowest BCUT2D eigenvalue weighted by Crippen LogP contribution is -2.44. The van der Waals surface area contributed by atoms with Gasteiger partial charge >= 0.3 is 12.1 Å². The maximum absolute atomic E-state index is 13.4. The predicted molar refractivity (Wildman–Crippen MR) is 151 cm³/mol. The number of anilines is 2. The van der Waals surface area contributed by atoms with Gasteiger partial charge in [-0.2, -0.15) is 9.59 Å². The van der Waals surface area contributed by atoms with Crippen LogP contribution >= 0.6 is 0 Å². The van der Waals surface area contributed by atoms with Gasteiger partial charge < -0.3 is 9.64 Å². The number of ether oxygens (including phenoxy) is 1. The van der Waals surface area contributed by atoms with Crippen LogP contribution in [0.15, 0.2) is 109 Å². The Hall–Kier alpha value is -4.47. The molecule has 1 atom stereocenters. The third-order valence-corrected chi connectivity index (χ3v) is 5.97. The van der Waals surface area contributed by atoms with E-state index in [0.29, 0.717) is 0 Å². The molecule has 0 amide bonds. The molecule has 5 heteroatoms. The zero-order valence-electron chi connectivity index (χ0n) is 22.2. The van der Waals surface area contributed by atoms with Crippen molar-refractivity contribution in [1.82, 2.24) is 0 Å². The molecule has 0 fully saturated rings. The van der Waals surface area contributed by atoms with Crippen molar-refractivity contribution in [2.24, 2.45) is 5.92 Å². The molecule has 0 aliphatic rings. The standard InChI is InChI=1S/C32H33NO2.CO2/c1-23(2)31(32(34)35-24(3)4)33(29-19-11-17-27(21-29)25-13-7-5-8-14-25)30-20-12-18-28(22-30)26-15-9-6-10-16-26;2-1-3/h5-24,31H,1-4H3;. The van der Waals surface area contributed by atoms with E-state index in [-0.39, 0.29) is 24.1 Å². The summed E-state index contributed by atoms with van der Waals surface area (Å²) in [6.07, 6.45) is 0.0666. The maximum atomic E-state index is 13.4. The van der Waals surface area contributed by atoms with Gasteiger partial charge in [-0.25, -0.2) is 4.79 Å². The fraction of sp³-hybridized carbons (Fsp3) is 0.212. The molecular weight excluding hydrogens is 474 g/mol. The van der Waals surface area contributed by atoms with Crippen molar-refractivity contribution in [1.29, 1.82) is 0 Å². The summed E-state index contributed by atoms with van der Waals surface area (Å²) in [7, 11) is 0. The Morgan fingerprint density at radius 1 is 0.632 bits per heavy atom. The number of benzene rings is 4. The first kappa shape index (κ1) is 28.1. The molecule has 4 rings (SSSR count). The van der Waals surface area contributed by atoms with Crippen LogP contribution in [-0.4, -0.2) is 24.3 Å². The van der Waals surface area contributed by atoms with Crippen molar-refractivity contribution in [2.45, 2.75) is 39.8 Å². The van der Waals surface area contributed by atoms with Crippen LogP contribution in [0.2, 0.25) is 0 Å². The summed E-state index contributed by atoms with van der Waals surface area (Å²) in [4.78, 5) is 31.8. The molecule has 0 spiro atoms. The zero-order valence-corrected chi connectivity index (χ0v) is 22.2. The Morgan fingerprint density at radius 2 is 1.03 bits per heavy atom. The number of rotatable bonds is 8. The monoisotopic (exact) mass is 507 g/mol. The average Bonchev–Trinajstić information content (AvgIpc) is 2.92. The van der Waals surface area contributed by atoms with Crippen LogP contribution in [0.3, 0.4) is 0 Å². The number of nitrogens with zero attached hydrogens (tertiary/aromatic N) is 1. The molecule has 0 saturated heterocycles. The van der Waals surface area contributed by atoms with E-state index in [1.54, 1.807) is 0 Å². The number of hydrogen-bond donors (Lipinski definition) is 0. The van der Waals surface area contributed by atoms with E-state index in [1.165, 1.54) is 0 Å². The molecule has 1 unspecified atom stereocenters. The summed E-state index contributed by atoms with van der Waals surface area (Å²) >= 11 is 0. The second-order valence-electron chi connectivity index (χ2n) is 9.46. The predicted octanol–water partition coefficient (Wildman–Crippen LogP) is 7.55. The van der Waals surface area contributed by atoms with Crippen LogP contribution in [0.1, 0.15) is 27.7 Å². The molecule has 0 heterocycles. The summed E-state index contributed by atoms with van der Waals surface area (Å²) in [5.74, 6) is -0.188. The first-order chi connectivity index (χ1) is 18.3. The van der Waals surface area contributed by atoms with Gasteiger partial charge in [-0.05, 0) is 66.3 Å². The van der Waals surface area contributed by atoms with E-state index < -0.39 is 6.04 Å². The number of carbonyl (C=O) groups excluding carboxylic acids is 3. The fourth-order valence-electron chi connectivity index (χ4n) is 4.38. The Labute approximate surface area is 224 Å². The van der Waals surface area contributed by atoms with Crippen molar-refractivity contribution in [3.8, 4) is 22.3 Å². The Balaban J connectivity index is 0.00000127.